The Morgan fingerprint density at radius 3 is 2.00 bits per heavy atom. The quantitative estimate of drug-likeness (QED) is 0.189. The van der Waals surface area contributed by atoms with Crippen LogP contribution in [0, 0.1) is 0 Å². The van der Waals surface area contributed by atoms with Crippen molar-refractivity contribution >= 4 is 29.5 Å². The van der Waals surface area contributed by atoms with E-state index in [1.807, 2.05) is 0 Å². The molecule has 168 valence electrons. The Morgan fingerprint density at radius 1 is 0.897 bits per heavy atom. The molecular formula is C23H38BrCl2NO2. The van der Waals surface area contributed by atoms with Crippen molar-refractivity contribution in [3.05, 3.63) is 27.7 Å². The highest BCUT2D eigenvalue weighted by Crippen LogP contribution is 2.31. The van der Waals surface area contributed by atoms with Crippen LogP contribution in [0.2, 0.25) is 10.0 Å². The predicted octanol–water partition coefficient (Wildman–Crippen LogP) is 4.19. The third kappa shape index (κ3) is 12.9. The van der Waals surface area contributed by atoms with E-state index in [9.17, 15) is 4.79 Å². The monoisotopic (exact) mass is 509 g/mol. The highest BCUT2D eigenvalue weighted by Gasteiger charge is 2.16. The van der Waals surface area contributed by atoms with Crippen LogP contribution >= 0.6 is 23.2 Å². The van der Waals surface area contributed by atoms with Crippen LogP contribution in [0.4, 0.5) is 0 Å². The molecule has 1 rings (SSSR count). The fourth-order valence-corrected chi connectivity index (χ4v) is 3.92. The first-order valence-corrected chi connectivity index (χ1v) is 11.5. The number of rotatable bonds is 16. The molecule has 29 heavy (non-hydrogen) atoms. The first-order valence-electron chi connectivity index (χ1n) is 10.8. The van der Waals surface area contributed by atoms with Gasteiger partial charge in [0.1, 0.15) is 18.9 Å². The van der Waals surface area contributed by atoms with Crippen LogP contribution in [0.25, 0.3) is 0 Å². The first kappa shape index (κ1) is 28.7. The number of unbranched alkanes of at least 4 members (excludes halogenated alkanes) is 9. The number of halogens is 3. The second-order valence-electron chi connectivity index (χ2n) is 8.34. The van der Waals surface area contributed by atoms with Crippen molar-refractivity contribution in [2.45, 2.75) is 71.1 Å². The summed E-state index contributed by atoms with van der Waals surface area (Å²) < 4.78 is 6.71. The molecule has 0 saturated heterocycles. The van der Waals surface area contributed by atoms with Gasteiger partial charge in [0.2, 0.25) is 0 Å². The van der Waals surface area contributed by atoms with Gasteiger partial charge in [0.25, 0.3) is 0 Å². The van der Waals surface area contributed by atoms with Gasteiger partial charge >= 0.3 is 0 Å². The minimum absolute atomic E-state index is 0. The number of nitrogens with zero attached hydrogens (tertiary/aromatic N) is 1. The van der Waals surface area contributed by atoms with Gasteiger partial charge in [-0.15, -0.1) is 0 Å². The van der Waals surface area contributed by atoms with Crippen molar-refractivity contribution < 1.29 is 31.0 Å². The number of ether oxygens (including phenoxy) is 1. The molecule has 0 aliphatic rings. The number of hydrogen-bond acceptors (Lipinski definition) is 2. The third-order valence-corrected chi connectivity index (χ3v) is 5.72. The van der Waals surface area contributed by atoms with E-state index in [0.717, 1.165) is 23.9 Å². The molecule has 0 radical (unpaired) electrons. The molecule has 0 amide bonds. The van der Waals surface area contributed by atoms with Crippen LogP contribution in [-0.2, 0) is 0 Å². The molecule has 3 nitrogen and oxygen atoms in total. The fourth-order valence-electron chi connectivity index (χ4n) is 3.35. The first-order chi connectivity index (χ1) is 13.4. The second kappa shape index (κ2) is 16.4. The van der Waals surface area contributed by atoms with Crippen LogP contribution < -0.4 is 21.7 Å². The summed E-state index contributed by atoms with van der Waals surface area (Å²) in [5, 5.41) is 0.825. The normalized spacial score (nSPS) is 11.2. The minimum Gasteiger partial charge on any atom is -1.00 e. The standard InChI is InChI=1S/C23H38Cl2NO2.BrH/c1-4-5-6-7-8-9-10-11-12-13-14-26(2,3)15-16-28-23-20(19-27)17-21(24)18-22(23)25;/h17-19H,4-16H2,1-3H3;1H/q+1;/p-1. The van der Waals surface area contributed by atoms with Gasteiger partial charge in [0, 0.05) is 5.02 Å². The zero-order chi connectivity index (χ0) is 20.8. The molecule has 0 aromatic heterocycles. The summed E-state index contributed by atoms with van der Waals surface area (Å²) in [6, 6.07) is 3.19. The number of likely N-dealkylation sites (N-methyl/N-ethyl adjacent to an activating group) is 1. The molecule has 0 atom stereocenters. The van der Waals surface area contributed by atoms with Crippen molar-refractivity contribution in [1.29, 1.82) is 0 Å². The molecule has 0 heterocycles. The highest BCUT2D eigenvalue weighted by atomic mass is 79.9. The Hall–Kier alpha value is -0.290. The number of quaternary nitrogens is 1. The Balaban J connectivity index is 0.00000784. The maximum atomic E-state index is 11.2. The van der Waals surface area contributed by atoms with Gasteiger partial charge in [-0.2, -0.15) is 0 Å². The molecule has 0 bridgehead atoms. The van der Waals surface area contributed by atoms with Gasteiger partial charge in [0.05, 0.1) is 31.2 Å². The molecular weight excluding hydrogens is 473 g/mol. The number of carbonyl (C=O) groups is 1. The second-order valence-corrected chi connectivity index (χ2v) is 9.18. The Morgan fingerprint density at radius 2 is 1.45 bits per heavy atom. The van der Waals surface area contributed by atoms with E-state index >= 15 is 0 Å². The molecule has 0 fully saturated rings. The van der Waals surface area contributed by atoms with Crippen molar-refractivity contribution in [2.75, 3.05) is 33.8 Å². The smallest absolute Gasteiger partial charge is 0.153 e. The lowest BCUT2D eigenvalue weighted by Gasteiger charge is -2.30. The van der Waals surface area contributed by atoms with Crippen molar-refractivity contribution in [2.24, 2.45) is 0 Å². The zero-order valence-corrected chi connectivity index (χ0v) is 21.4. The maximum absolute atomic E-state index is 11.2. The number of hydrogen-bond donors (Lipinski definition) is 0. The van der Waals surface area contributed by atoms with E-state index in [0.29, 0.717) is 28.0 Å². The van der Waals surface area contributed by atoms with Crippen LogP contribution in [0.1, 0.15) is 81.5 Å². The van der Waals surface area contributed by atoms with Gasteiger partial charge in [-0.3, -0.25) is 4.79 Å². The summed E-state index contributed by atoms with van der Waals surface area (Å²) in [5.41, 5.74) is 0.400. The summed E-state index contributed by atoms with van der Waals surface area (Å²) in [5.74, 6) is 0.431. The average molecular weight is 511 g/mol. The summed E-state index contributed by atoms with van der Waals surface area (Å²) >= 11 is 12.1. The molecule has 6 heteroatoms. The van der Waals surface area contributed by atoms with Crippen molar-refractivity contribution in [3.8, 4) is 5.75 Å². The lowest BCUT2D eigenvalue weighted by atomic mass is 10.1. The average Bonchev–Trinajstić information content (AvgIpc) is 2.64. The SMILES string of the molecule is CCCCCCCCCCCC[N+](C)(C)CCOc1c(Cl)cc(Cl)cc1C=O.[Br-]. The van der Waals surface area contributed by atoms with Crippen molar-refractivity contribution in [1.82, 2.24) is 0 Å². The van der Waals surface area contributed by atoms with E-state index in [-0.39, 0.29) is 17.0 Å². The van der Waals surface area contributed by atoms with E-state index in [4.69, 9.17) is 27.9 Å². The molecule has 0 aliphatic heterocycles. The summed E-state index contributed by atoms with van der Waals surface area (Å²) in [6.07, 6.45) is 14.3. The van der Waals surface area contributed by atoms with Crippen LogP contribution in [0.15, 0.2) is 12.1 Å². The molecule has 0 aliphatic carbocycles. The zero-order valence-electron chi connectivity index (χ0n) is 18.3. The molecule has 0 spiro atoms. The summed E-state index contributed by atoms with van der Waals surface area (Å²) in [4.78, 5) is 11.2. The largest absolute Gasteiger partial charge is 1.00 e. The highest BCUT2D eigenvalue weighted by molar-refractivity contribution is 6.36. The lowest BCUT2D eigenvalue weighted by Crippen LogP contribution is -3.00. The fraction of sp³-hybridized carbons (Fsp3) is 0.696. The summed E-state index contributed by atoms with van der Waals surface area (Å²) in [6.45, 7) is 4.79. The van der Waals surface area contributed by atoms with Crippen molar-refractivity contribution in [3.63, 3.8) is 0 Å². The molecule has 0 N–H and O–H groups in total. The predicted molar refractivity (Wildman–Crippen MR) is 121 cm³/mol. The summed E-state index contributed by atoms with van der Waals surface area (Å²) in [7, 11) is 4.45. The van der Waals surface area contributed by atoms with E-state index in [1.54, 1.807) is 12.1 Å². The maximum Gasteiger partial charge on any atom is 0.153 e. The topological polar surface area (TPSA) is 26.3 Å². The Bertz CT molecular complexity index is 582. The van der Waals surface area contributed by atoms with Crippen LogP contribution in [0.3, 0.4) is 0 Å². The number of carbonyl (C=O) groups excluding carboxylic acids is 1. The minimum atomic E-state index is 0. The third-order valence-electron chi connectivity index (χ3n) is 5.22. The molecule has 1 aromatic carbocycles. The van der Waals surface area contributed by atoms with E-state index in [2.05, 4.69) is 21.0 Å². The van der Waals surface area contributed by atoms with E-state index in [1.165, 1.54) is 64.2 Å². The Labute approximate surface area is 198 Å². The van der Waals surface area contributed by atoms with Crippen LogP contribution in [0.5, 0.6) is 5.75 Å². The molecule has 1 aromatic rings. The lowest BCUT2D eigenvalue weighted by molar-refractivity contribution is -0.890. The van der Waals surface area contributed by atoms with Gasteiger partial charge in [-0.1, -0.05) is 81.5 Å². The van der Waals surface area contributed by atoms with Gasteiger partial charge in [0.15, 0.2) is 6.29 Å². The van der Waals surface area contributed by atoms with E-state index < -0.39 is 0 Å². The Kier molecular flexibility index (Phi) is 16.2. The van der Waals surface area contributed by atoms with Gasteiger partial charge < -0.3 is 26.2 Å². The number of aldehydes is 1. The number of benzene rings is 1. The van der Waals surface area contributed by atoms with Crippen LogP contribution in [-0.4, -0.2) is 44.6 Å². The molecule has 0 unspecified atom stereocenters. The van der Waals surface area contributed by atoms with Gasteiger partial charge in [-0.25, -0.2) is 0 Å². The van der Waals surface area contributed by atoms with Gasteiger partial charge in [-0.05, 0) is 25.0 Å². The molecule has 0 saturated carbocycles.